The van der Waals surface area contributed by atoms with Gasteiger partial charge in [-0.3, -0.25) is 4.79 Å². The molecule has 7 nitrogen and oxygen atoms in total. The normalized spacial score (nSPS) is 18.5. The van der Waals surface area contributed by atoms with Crippen LogP contribution >= 0.6 is 0 Å². The fourth-order valence-corrected chi connectivity index (χ4v) is 4.05. The third kappa shape index (κ3) is 3.65. The summed E-state index contributed by atoms with van der Waals surface area (Å²) in [5, 5.41) is 3.72. The van der Waals surface area contributed by atoms with Crippen LogP contribution < -0.4 is 4.72 Å². The van der Waals surface area contributed by atoms with Crippen molar-refractivity contribution in [2.24, 2.45) is 0 Å². The topological polar surface area (TPSA) is 92.5 Å². The molecule has 2 heterocycles. The highest BCUT2D eigenvalue weighted by molar-refractivity contribution is 7.89. The average molecular weight is 349 g/mol. The van der Waals surface area contributed by atoms with Crippen LogP contribution in [0.1, 0.15) is 29.1 Å². The summed E-state index contributed by atoms with van der Waals surface area (Å²) in [6.45, 7) is 2.63. The molecule has 2 aromatic rings. The van der Waals surface area contributed by atoms with E-state index in [9.17, 15) is 13.2 Å². The first-order valence-corrected chi connectivity index (χ1v) is 9.24. The molecule has 1 aliphatic heterocycles. The summed E-state index contributed by atoms with van der Waals surface area (Å²) in [5.74, 6) is -0.0849. The third-order valence-electron chi connectivity index (χ3n) is 3.92. The molecule has 1 unspecified atom stereocenters. The van der Waals surface area contributed by atoms with E-state index < -0.39 is 10.0 Å². The van der Waals surface area contributed by atoms with E-state index in [1.807, 2.05) is 0 Å². The largest absolute Gasteiger partial charge is 0.351 e. The lowest BCUT2D eigenvalue weighted by molar-refractivity contribution is 0.0661. The van der Waals surface area contributed by atoms with Crippen molar-refractivity contribution in [2.75, 3.05) is 13.1 Å². The van der Waals surface area contributed by atoms with Gasteiger partial charge in [0.1, 0.15) is 0 Å². The molecule has 128 valence electrons. The van der Waals surface area contributed by atoms with Gasteiger partial charge < -0.3 is 9.42 Å². The van der Waals surface area contributed by atoms with Gasteiger partial charge in [0.15, 0.2) is 0 Å². The molecule has 1 aromatic carbocycles. The molecule has 0 saturated carbocycles. The SMILES string of the molecule is Cc1cc(C(=O)N2CCCC(NS(=O)(=O)c3ccccc3)C2)on1. The van der Waals surface area contributed by atoms with Crippen LogP contribution in [0.15, 0.2) is 45.8 Å². The van der Waals surface area contributed by atoms with Crippen molar-refractivity contribution in [3.8, 4) is 0 Å². The second-order valence-electron chi connectivity index (χ2n) is 5.86. The van der Waals surface area contributed by atoms with Crippen LogP contribution in [0.3, 0.4) is 0 Å². The van der Waals surface area contributed by atoms with Crippen molar-refractivity contribution in [3.63, 3.8) is 0 Å². The fourth-order valence-electron chi connectivity index (χ4n) is 2.77. The van der Waals surface area contributed by atoms with Gasteiger partial charge >= 0.3 is 0 Å². The first-order chi connectivity index (χ1) is 11.5. The predicted molar refractivity (Wildman–Crippen MR) is 86.9 cm³/mol. The number of benzene rings is 1. The van der Waals surface area contributed by atoms with Crippen LogP contribution in [0.4, 0.5) is 0 Å². The fraction of sp³-hybridized carbons (Fsp3) is 0.375. The first kappa shape index (κ1) is 16.7. The number of amides is 1. The van der Waals surface area contributed by atoms with E-state index in [1.165, 1.54) is 0 Å². The number of aromatic nitrogens is 1. The summed E-state index contributed by atoms with van der Waals surface area (Å²) in [7, 11) is -3.59. The smallest absolute Gasteiger partial charge is 0.292 e. The van der Waals surface area contributed by atoms with Crippen LogP contribution in [0, 0.1) is 6.92 Å². The molecule has 1 atom stereocenters. The number of hydrogen-bond donors (Lipinski definition) is 1. The van der Waals surface area contributed by atoms with Gasteiger partial charge in [0.05, 0.1) is 10.6 Å². The molecule has 1 fully saturated rings. The summed E-state index contributed by atoms with van der Waals surface area (Å²) < 4.78 is 32.5. The highest BCUT2D eigenvalue weighted by Crippen LogP contribution is 2.17. The van der Waals surface area contributed by atoms with Crippen LogP contribution in [0.5, 0.6) is 0 Å². The second-order valence-corrected chi connectivity index (χ2v) is 7.57. The van der Waals surface area contributed by atoms with E-state index in [0.717, 1.165) is 6.42 Å². The Kier molecular flexibility index (Phi) is 4.68. The van der Waals surface area contributed by atoms with Gasteiger partial charge in [-0.2, -0.15) is 0 Å². The quantitative estimate of drug-likeness (QED) is 0.904. The Morgan fingerprint density at radius 3 is 2.75 bits per heavy atom. The zero-order chi connectivity index (χ0) is 17.2. The molecular formula is C16H19N3O4S. The standard InChI is InChI=1S/C16H19N3O4S/c1-12-10-15(23-17-12)16(20)19-9-5-6-13(11-19)18-24(21,22)14-7-3-2-4-8-14/h2-4,7-8,10,13,18H,5-6,9,11H2,1H3. The van der Waals surface area contributed by atoms with E-state index in [1.54, 1.807) is 48.2 Å². The molecule has 0 aliphatic carbocycles. The number of carbonyl (C=O) groups excluding carboxylic acids is 1. The maximum atomic E-state index is 12.4. The number of rotatable bonds is 4. The summed E-state index contributed by atoms with van der Waals surface area (Å²) >= 11 is 0. The number of nitrogens with one attached hydrogen (secondary N) is 1. The summed E-state index contributed by atoms with van der Waals surface area (Å²) in [6, 6.07) is 9.47. The number of hydrogen-bond acceptors (Lipinski definition) is 5. The predicted octanol–water partition coefficient (Wildman–Crippen LogP) is 1.57. The Bertz CT molecular complexity index is 817. The highest BCUT2D eigenvalue weighted by atomic mass is 32.2. The van der Waals surface area contributed by atoms with Gasteiger partial charge in [0, 0.05) is 25.2 Å². The molecule has 1 amide bonds. The molecule has 24 heavy (non-hydrogen) atoms. The molecule has 1 aliphatic rings. The van der Waals surface area contributed by atoms with Crippen LogP contribution in [0.2, 0.25) is 0 Å². The lowest BCUT2D eigenvalue weighted by Crippen LogP contribution is -2.49. The highest BCUT2D eigenvalue weighted by Gasteiger charge is 2.29. The molecule has 0 bridgehead atoms. The van der Waals surface area contributed by atoms with E-state index >= 15 is 0 Å². The number of nitrogens with zero attached hydrogens (tertiary/aromatic N) is 2. The van der Waals surface area contributed by atoms with Crippen LogP contribution in [-0.4, -0.2) is 43.5 Å². The molecule has 1 N–H and O–H groups in total. The summed E-state index contributed by atoms with van der Waals surface area (Å²) in [4.78, 5) is 14.2. The van der Waals surface area contributed by atoms with E-state index in [4.69, 9.17) is 4.52 Å². The zero-order valence-electron chi connectivity index (χ0n) is 13.3. The van der Waals surface area contributed by atoms with Crippen molar-refractivity contribution in [3.05, 3.63) is 47.9 Å². The number of likely N-dealkylation sites (tertiary alicyclic amines) is 1. The van der Waals surface area contributed by atoms with Gasteiger partial charge in [-0.1, -0.05) is 23.4 Å². The minimum atomic E-state index is -3.59. The second kappa shape index (κ2) is 6.74. The Balaban J connectivity index is 1.69. The molecule has 1 aromatic heterocycles. The van der Waals surface area contributed by atoms with Gasteiger partial charge in [-0.25, -0.2) is 13.1 Å². The third-order valence-corrected chi connectivity index (χ3v) is 5.46. The van der Waals surface area contributed by atoms with Gasteiger partial charge in [-0.15, -0.1) is 0 Å². The van der Waals surface area contributed by atoms with Crippen LogP contribution in [-0.2, 0) is 10.0 Å². The molecule has 8 heteroatoms. The Labute approximate surface area is 140 Å². The van der Waals surface area contributed by atoms with Gasteiger partial charge in [0.2, 0.25) is 15.8 Å². The Hall–Kier alpha value is -2.19. The number of sulfonamides is 1. The first-order valence-electron chi connectivity index (χ1n) is 7.76. The van der Waals surface area contributed by atoms with Gasteiger partial charge in [0.25, 0.3) is 5.91 Å². The minimum absolute atomic E-state index is 0.180. The lowest BCUT2D eigenvalue weighted by Gasteiger charge is -2.32. The molecule has 3 rings (SSSR count). The minimum Gasteiger partial charge on any atom is -0.351 e. The Morgan fingerprint density at radius 2 is 2.08 bits per heavy atom. The molecule has 1 saturated heterocycles. The molecular weight excluding hydrogens is 330 g/mol. The van der Waals surface area contributed by atoms with Crippen molar-refractivity contribution in [2.45, 2.75) is 30.7 Å². The zero-order valence-corrected chi connectivity index (χ0v) is 14.1. The number of piperidine rings is 1. The van der Waals surface area contributed by atoms with Crippen LogP contribution in [0.25, 0.3) is 0 Å². The monoisotopic (exact) mass is 349 g/mol. The maximum Gasteiger partial charge on any atom is 0.292 e. The van der Waals surface area contributed by atoms with E-state index in [-0.39, 0.29) is 22.6 Å². The summed E-state index contributed by atoms with van der Waals surface area (Å²) in [5.41, 5.74) is 0.636. The number of carbonyl (C=O) groups is 1. The molecule has 0 spiro atoms. The van der Waals surface area contributed by atoms with E-state index in [0.29, 0.717) is 25.2 Å². The van der Waals surface area contributed by atoms with Crippen molar-refractivity contribution in [1.82, 2.24) is 14.8 Å². The number of aryl methyl sites for hydroxylation is 1. The van der Waals surface area contributed by atoms with Crippen molar-refractivity contribution < 1.29 is 17.7 Å². The lowest BCUT2D eigenvalue weighted by atomic mass is 10.1. The maximum absolute atomic E-state index is 12.4. The van der Waals surface area contributed by atoms with Crippen molar-refractivity contribution >= 4 is 15.9 Å². The molecule has 0 radical (unpaired) electrons. The average Bonchev–Trinajstić information content (AvgIpc) is 3.01. The van der Waals surface area contributed by atoms with Crippen molar-refractivity contribution in [1.29, 1.82) is 0 Å². The van der Waals surface area contributed by atoms with E-state index in [2.05, 4.69) is 9.88 Å². The summed E-state index contributed by atoms with van der Waals surface area (Å²) in [6.07, 6.45) is 1.41. The Morgan fingerprint density at radius 1 is 1.33 bits per heavy atom. The van der Waals surface area contributed by atoms with Gasteiger partial charge in [-0.05, 0) is 31.9 Å².